The van der Waals surface area contributed by atoms with Gasteiger partial charge in [0.25, 0.3) is 5.56 Å². The fourth-order valence-corrected chi connectivity index (χ4v) is 4.79. The van der Waals surface area contributed by atoms with Gasteiger partial charge in [0.05, 0.1) is 33.1 Å². The van der Waals surface area contributed by atoms with Gasteiger partial charge in [0, 0.05) is 13.0 Å². The van der Waals surface area contributed by atoms with Crippen LogP contribution in [-0.2, 0) is 17.8 Å². The molecule has 3 aromatic carbocycles. The molecular formula is C26H22N4O2S. The molecule has 0 saturated heterocycles. The zero-order valence-corrected chi connectivity index (χ0v) is 19.0. The number of fused-ring (bicyclic) bond motifs is 2. The molecule has 0 saturated carbocycles. The molecule has 2 heterocycles. The van der Waals surface area contributed by atoms with Crippen LogP contribution in [0.2, 0.25) is 0 Å². The molecule has 0 aliphatic rings. The summed E-state index contributed by atoms with van der Waals surface area (Å²) in [5.74, 6) is -0.127. The van der Waals surface area contributed by atoms with Crippen molar-refractivity contribution < 1.29 is 4.79 Å². The van der Waals surface area contributed by atoms with E-state index in [1.165, 1.54) is 27.8 Å². The van der Waals surface area contributed by atoms with Crippen LogP contribution in [0, 0.1) is 0 Å². The largest absolute Gasteiger partial charge is 0.298 e. The molecule has 5 rings (SSSR count). The normalized spacial score (nSPS) is 11.2. The average Bonchev–Trinajstić information content (AvgIpc) is 3.28. The lowest BCUT2D eigenvalue weighted by Gasteiger charge is -2.20. The summed E-state index contributed by atoms with van der Waals surface area (Å²) in [7, 11) is 0. The van der Waals surface area contributed by atoms with Crippen molar-refractivity contribution in [1.29, 1.82) is 0 Å². The fraction of sp³-hybridized carbons (Fsp3) is 0.154. The average molecular weight is 455 g/mol. The second-order valence-corrected chi connectivity index (χ2v) is 8.73. The standard InChI is InChI=1S/C26H22N4O2S/c1-2-18-11-13-19(14-12-18)30(26-28-22-9-5-6-10-23(22)33-26)24(31)15-16-29-17-27-21-8-4-3-7-20(21)25(29)32/h3-14,17H,2,15-16H2,1H3. The van der Waals surface area contributed by atoms with Crippen molar-refractivity contribution in [3.63, 3.8) is 0 Å². The number of hydrogen-bond acceptors (Lipinski definition) is 5. The van der Waals surface area contributed by atoms with Gasteiger partial charge >= 0.3 is 0 Å². The molecule has 0 aliphatic carbocycles. The Morgan fingerprint density at radius 3 is 2.45 bits per heavy atom. The predicted octanol–water partition coefficient (Wildman–Crippen LogP) is 5.32. The maximum atomic E-state index is 13.5. The molecule has 0 spiro atoms. The molecule has 5 aromatic rings. The fourth-order valence-electron chi connectivity index (χ4n) is 3.79. The lowest BCUT2D eigenvalue weighted by atomic mass is 10.1. The van der Waals surface area contributed by atoms with Crippen LogP contribution in [0.4, 0.5) is 10.8 Å². The maximum absolute atomic E-state index is 13.5. The highest BCUT2D eigenvalue weighted by Gasteiger charge is 2.22. The van der Waals surface area contributed by atoms with E-state index in [1.54, 1.807) is 17.0 Å². The Balaban J connectivity index is 1.47. The molecule has 2 aromatic heterocycles. The highest BCUT2D eigenvalue weighted by molar-refractivity contribution is 7.22. The molecule has 0 atom stereocenters. The van der Waals surface area contributed by atoms with Crippen molar-refractivity contribution in [3.05, 3.63) is 95.0 Å². The van der Waals surface area contributed by atoms with Crippen LogP contribution in [0.1, 0.15) is 18.9 Å². The molecule has 6 nitrogen and oxygen atoms in total. The number of carbonyl (C=O) groups excluding carboxylic acids is 1. The SMILES string of the molecule is CCc1ccc(N(C(=O)CCn2cnc3ccccc3c2=O)c2nc3ccccc3s2)cc1. The quantitative estimate of drug-likeness (QED) is 0.348. The van der Waals surface area contributed by atoms with Gasteiger partial charge in [-0.25, -0.2) is 9.97 Å². The number of aromatic nitrogens is 3. The number of amides is 1. The van der Waals surface area contributed by atoms with Gasteiger partial charge in [-0.15, -0.1) is 0 Å². The van der Waals surface area contributed by atoms with Gasteiger partial charge in [0.1, 0.15) is 0 Å². The summed E-state index contributed by atoms with van der Waals surface area (Å²) in [6, 6.07) is 23.0. The number of carbonyl (C=O) groups is 1. The minimum Gasteiger partial charge on any atom is -0.298 e. The lowest BCUT2D eigenvalue weighted by molar-refractivity contribution is -0.118. The molecule has 0 N–H and O–H groups in total. The van der Waals surface area contributed by atoms with Crippen LogP contribution < -0.4 is 10.5 Å². The lowest BCUT2D eigenvalue weighted by Crippen LogP contribution is -2.29. The second kappa shape index (κ2) is 8.96. The molecular weight excluding hydrogens is 432 g/mol. The van der Waals surface area contributed by atoms with E-state index in [1.807, 2.05) is 60.7 Å². The van der Waals surface area contributed by atoms with Crippen LogP contribution >= 0.6 is 11.3 Å². The molecule has 164 valence electrons. The third-order valence-electron chi connectivity index (χ3n) is 5.62. The van der Waals surface area contributed by atoms with Crippen molar-refractivity contribution in [2.75, 3.05) is 4.90 Å². The Morgan fingerprint density at radius 2 is 1.70 bits per heavy atom. The Kier molecular flexibility index (Phi) is 5.71. The van der Waals surface area contributed by atoms with E-state index >= 15 is 0 Å². The van der Waals surface area contributed by atoms with Gasteiger partial charge in [-0.3, -0.25) is 19.1 Å². The summed E-state index contributed by atoms with van der Waals surface area (Å²) in [4.78, 5) is 37.0. The molecule has 7 heteroatoms. The van der Waals surface area contributed by atoms with Crippen molar-refractivity contribution in [3.8, 4) is 0 Å². The Morgan fingerprint density at radius 1 is 0.970 bits per heavy atom. The van der Waals surface area contributed by atoms with Gasteiger partial charge in [-0.05, 0) is 48.4 Å². The number of benzene rings is 3. The van der Waals surface area contributed by atoms with Crippen molar-refractivity contribution in [2.24, 2.45) is 0 Å². The molecule has 1 amide bonds. The Bertz CT molecular complexity index is 1470. The number of thiazole rings is 1. The maximum Gasteiger partial charge on any atom is 0.261 e. The van der Waals surface area contributed by atoms with E-state index in [9.17, 15) is 9.59 Å². The highest BCUT2D eigenvalue weighted by Crippen LogP contribution is 2.34. The van der Waals surface area contributed by atoms with Gasteiger partial charge < -0.3 is 0 Å². The summed E-state index contributed by atoms with van der Waals surface area (Å²) in [5, 5.41) is 1.17. The van der Waals surface area contributed by atoms with Crippen LogP contribution in [0.25, 0.3) is 21.1 Å². The smallest absolute Gasteiger partial charge is 0.261 e. The summed E-state index contributed by atoms with van der Waals surface area (Å²) in [6.45, 7) is 2.34. The number of rotatable bonds is 6. The first kappa shape index (κ1) is 21.0. The topological polar surface area (TPSA) is 68.1 Å². The van der Waals surface area contributed by atoms with Gasteiger partial charge in [-0.2, -0.15) is 0 Å². The zero-order chi connectivity index (χ0) is 22.8. The number of para-hydroxylation sites is 2. The summed E-state index contributed by atoms with van der Waals surface area (Å²) in [5.41, 5.74) is 3.32. The number of aryl methyl sites for hydroxylation is 2. The number of anilines is 2. The van der Waals surface area contributed by atoms with Crippen molar-refractivity contribution >= 4 is 49.2 Å². The van der Waals surface area contributed by atoms with Crippen LogP contribution in [0.5, 0.6) is 0 Å². The predicted molar refractivity (Wildman–Crippen MR) is 133 cm³/mol. The molecule has 0 unspecified atom stereocenters. The van der Waals surface area contributed by atoms with E-state index in [2.05, 4.69) is 11.9 Å². The monoisotopic (exact) mass is 454 g/mol. The van der Waals surface area contributed by atoms with E-state index in [0.29, 0.717) is 16.0 Å². The van der Waals surface area contributed by atoms with Gasteiger partial charge in [-0.1, -0.05) is 54.7 Å². The van der Waals surface area contributed by atoms with Gasteiger partial charge in [0.15, 0.2) is 5.13 Å². The van der Waals surface area contributed by atoms with E-state index < -0.39 is 0 Å². The van der Waals surface area contributed by atoms with Crippen LogP contribution in [0.3, 0.4) is 0 Å². The minimum atomic E-state index is -0.146. The third-order valence-corrected chi connectivity index (χ3v) is 6.65. The molecule has 0 radical (unpaired) electrons. The molecule has 0 aliphatic heterocycles. The van der Waals surface area contributed by atoms with Gasteiger partial charge in [0.2, 0.25) is 5.91 Å². The van der Waals surface area contributed by atoms with Crippen LogP contribution in [-0.4, -0.2) is 20.4 Å². The zero-order valence-electron chi connectivity index (χ0n) is 18.1. The third kappa shape index (κ3) is 4.15. The first-order valence-electron chi connectivity index (χ1n) is 10.9. The van der Waals surface area contributed by atoms with E-state index in [-0.39, 0.29) is 24.4 Å². The second-order valence-electron chi connectivity index (χ2n) is 7.72. The number of nitrogens with zero attached hydrogens (tertiary/aromatic N) is 4. The first-order chi connectivity index (χ1) is 16.1. The summed E-state index contributed by atoms with van der Waals surface area (Å²) < 4.78 is 2.52. The summed E-state index contributed by atoms with van der Waals surface area (Å²) in [6.07, 6.45) is 2.58. The van der Waals surface area contributed by atoms with Crippen LogP contribution in [0.15, 0.2) is 83.9 Å². The molecule has 0 fully saturated rings. The van der Waals surface area contributed by atoms with E-state index in [4.69, 9.17) is 4.98 Å². The highest BCUT2D eigenvalue weighted by atomic mass is 32.1. The molecule has 0 bridgehead atoms. The first-order valence-corrected chi connectivity index (χ1v) is 11.7. The minimum absolute atomic E-state index is 0.127. The molecule has 33 heavy (non-hydrogen) atoms. The van der Waals surface area contributed by atoms with Crippen molar-refractivity contribution in [2.45, 2.75) is 26.3 Å². The Hall–Kier alpha value is -3.84. The van der Waals surface area contributed by atoms with E-state index in [0.717, 1.165) is 22.3 Å². The van der Waals surface area contributed by atoms with Crippen molar-refractivity contribution in [1.82, 2.24) is 14.5 Å². The Labute approximate surface area is 194 Å². The number of hydrogen-bond donors (Lipinski definition) is 0. The summed E-state index contributed by atoms with van der Waals surface area (Å²) >= 11 is 1.48.